The summed E-state index contributed by atoms with van der Waals surface area (Å²) >= 11 is 5.73. The summed E-state index contributed by atoms with van der Waals surface area (Å²) in [5.41, 5.74) is 0.976. The molecule has 0 saturated carbocycles. The average molecular weight is 216 g/mol. The molecule has 0 aliphatic heterocycles. The van der Waals surface area contributed by atoms with Gasteiger partial charge in [-0.1, -0.05) is 23.7 Å². The molecule has 0 bridgehead atoms. The van der Waals surface area contributed by atoms with Gasteiger partial charge in [0.15, 0.2) is 0 Å². The predicted octanol–water partition coefficient (Wildman–Crippen LogP) is 2.83. The first kappa shape index (κ1) is 11.5. The molecule has 0 aliphatic carbocycles. The van der Waals surface area contributed by atoms with Crippen LogP contribution in [-0.2, 0) is 6.42 Å². The minimum atomic E-state index is -0.860. The van der Waals surface area contributed by atoms with E-state index in [9.17, 15) is 4.39 Å². The summed E-state index contributed by atoms with van der Waals surface area (Å²) in [5, 5.41) is 3.58. The van der Waals surface area contributed by atoms with E-state index >= 15 is 0 Å². The van der Waals surface area contributed by atoms with E-state index in [1.165, 1.54) is 0 Å². The van der Waals surface area contributed by atoms with Crippen LogP contribution < -0.4 is 5.32 Å². The third-order valence-electron chi connectivity index (χ3n) is 2.34. The Bertz CT molecular complexity index is 273. The van der Waals surface area contributed by atoms with Crippen LogP contribution in [0.4, 0.5) is 4.39 Å². The molecule has 0 radical (unpaired) electrons. The van der Waals surface area contributed by atoms with Gasteiger partial charge in [-0.3, -0.25) is 0 Å². The molecule has 1 nitrogen and oxygen atoms in total. The molecule has 0 saturated heterocycles. The summed E-state index contributed by atoms with van der Waals surface area (Å²) in [7, 11) is 1.76. The van der Waals surface area contributed by atoms with Gasteiger partial charge in [0.2, 0.25) is 0 Å². The van der Waals surface area contributed by atoms with Crippen molar-refractivity contribution >= 4 is 11.6 Å². The molecule has 78 valence electrons. The quantitative estimate of drug-likeness (QED) is 0.815. The summed E-state index contributed by atoms with van der Waals surface area (Å²) in [6.07, 6.45) is -0.430. The Balaban J connectivity index is 2.56. The van der Waals surface area contributed by atoms with Crippen LogP contribution in [-0.4, -0.2) is 19.3 Å². The van der Waals surface area contributed by atoms with Crippen molar-refractivity contribution in [2.24, 2.45) is 0 Å². The van der Waals surface area contributed by atoms with Gasteiger partial charge in [0.1, 0.15) is 6.17 Å². The zero-order valence-electron chi connectivity index (χ0n) is 8.43. The van der Waals surface area contributed by atoms with Crippen LogP contribution in [0.25, 0.3) is 0 Å². The van der Waals surface area contributed by atoms with Crippen molar-refractivity contribution in [2.75, 3.05) is 7.05 Å². The SMILES string of the molecule is CNC(C)C(F)Cc1ccc(Cl)cc1. The number of rotatable bonds is 4. The van der Waals surface area contributed by atoms with Crippen molar-refractivity contribution in [1.82, 2.24) is 5.32 Å². The highest BCUT2D eigenvalue weighted by molar-refractivity contribution is 6.30. The lowest BCUT2D eigenvalue weighted by atomic mass is 10.0. The van der Waals surface area contributed by atoms with Gasteiger partial charge in [-0.15, -0.1) is 0 Å². The molecular formula is C11H15ClFN. The standard InChI is InChI=1S/C11H15ClFN/c1-8(14-2)11(13)7-9-3-5-10(12)6-4-9/h3-6,8,11,14H,7H2,1-2H3. The van der Waals surface area contributed by atoms with Crippen LogP contribution in [0.3, 0.4) is 0 Å². The van der Waals surface area contributed by atoms with E-state index in [4.69, 9.17) is 11.6 Å². The number of halogens is 2. The zero-order valence-corrected chi connectivity index (χ0v) is 9.18. The maximum absolute atomic E-state index is 13.5. The largest absolute Gasteiger partial charge is 0.314 e. The van der Waals surface area contributed by atoms with E-state index in [2.05, 4.69) is 5.32 Å². The van der Waals surface area contributed by atoms with E-state index in [1.54, 1.807) is 19.2 Å². The first-order valence-corrected chi connectivity index (χ1v) is 5.07. The molecule has 1 N–H and O–H groups in total. The topological polar surface area (TPSA) is 12.0 Å². The van der Waals surface area contributed by atoms with Gasteiger partial charge in [-0.25, -0.2) is 4.39 Å². The van der Waals surface area contributed by atoms with E-state index in [0.29, 0.717) is 11.4 Å². The van der Waals surface area contributed by atoms with Crippen molar-refractivity contribution < 1.29 is 4.39 Å². The number of hydrogen-bond donors (Lipinski definition) is 1. The molecule has 1 aromatic rings. The molecule has 0 aliphatic rings. The van der Waals surface area contributed by atoms with E-state index < -0.39 is 6.17 Å². The third kappa shape index (κ3) is 3.28. The number of benzene rings is 1. The Kier molecular flexibility index (Phi) is 4.36. The molecule has 0 spiro atoms. The Morgan fingerprint density at radius 3 is 2.43 bits per heavy atom. The highest BCUT2D eigenvalue weighted by Gasteiger charge is 2.14. The minimum absolute atomic E-state index is 0.120. The monoisotopic (exact) mass is 215 g/mol. The normalized spacial score (nSPS) is 15.1. The smallest absolute Gasteiger partial charge is 0.119 e. The van der Waals surface area contributed by atoms with Gasteiger partial charge in [-0.2, -0.15) is 0 Å². The van der Waals surface area contributed by atoms with Crippen LogP contribution in [0.5, 0.6) is 0 Å². The second-order valence-electron chi connectivity index (χ2n) is 3.42. The fourth-order valence-electron chi connectivity index (χ4n) is 1.20. The fourth-order valence-corrected chi connectivity index (χ4v) is 1.33. The van der Waals surface area contributed by atoms with Gasteiger partial charge in [0.05, 0.1) is 0 Å². The predicted molar refractivity (Wildman–Crippen MR) is 58.6 cm³/mol. The first-order chi connectivity index (χ1) is 6.63. The van der Waals surface area contributed by atoms with Crippen molar-refractivity contribution in [3.8, 4) is 0 Å². The van der Waals surface area contributed by atoms with E-state index in [-0.39, 0.29) is 6.04 Å². The lowest BCUT2D eigenvalue weighted by Crippen LogP contribution is -2.33. The van der Waals surface area contributed by atoms with E-state index in [1.807, 2.05) is 19.1 Å². The summed E-state index contributed by atoms with van der Waals surface area (Å²) in [6, 6.07) is 7.17. The van der Waals surface area contributed by atoms with Gasteiger partial charge in [0.25, 0.3) is 0 Å². The number of alkyl halides is 1. The van der Waals surface area contributed by atoms with Crippen molar-refractivity contribution in [3.05, 3.63) is 34.9 Å². The number of hydrogen-bond acceptors (Lipinski definition) is 1. The zero-order chi connectivity index (χ0) is 10.6. The Hall–Kier alpha value is -0.600. The average Bonchev–Trinajstić information content (AvgIpc) is 2.20. The Labute approximate surface area is 89.3 Å². The Morgan fingerprint density at radius 1 is 1.36 bits per heavy atom. The Morgan fingerprint density at radius 2 is 1.93 bits per heavy atom. The van der Waals surface area contributed by atoms with Crippen LogP contribution in [0, 0.1) is 0 Å². The maximum Gasteiger partial charge on any atom is 0.119 e. The molecule has 3 heteroatoms. The maximum atomic E-state index is 13.5. The molecule has 0 fully saturated rings. The van der Waals surface area contributed by atoms with Crippen molar-refractivity contribution in [1.29, 1.82) is 0 Å². The molecule has 1 aromatic carbocycles. The number of nitrogens with one attached hydrogen (secondary N) is 1. The third-order valence-corrected chi connectivity index (χ3v) is 2.59. The second-order valence-corrected chi connectivity index (χ2v) is 3.86. The summed E-state index contributed by atoms with van der Waals surface area (Å²) in [4.78, 5) is 0. The molecule has 2 unspecified atom stereocenters. The highest BCUT2D eigenvalue weighted by Crippen LogP contribution is 2.13. The van der Waals surface area contributed by atoms with Crippen molar-refractivity contribution in [2.45, 2.75) is 25.6 Å². The first-order valence-electron chi connectivity index (χ1n) is 4.69. The van der Waals surface area contributed by atoms with Crippen LogP contribution in [0.2, 0.25) is 5.02 Å². The summed E-state index contributed by atoms with van der Waals surface area (Å²) < 4.78 is 13.5. The second kappa shape index (κ2) is 5.32. The van der Waals surface area contributed by atoms with Crippen LogP contribution in [0.1, 0.15) is 12.5 Å². The lowest BCUT2D eigenvalue weighted by molar-refractivity contribution is 0.267. The highest BCUT2D eigenvalue weighted by atomic mass is 35.5. The minimum Gasteiger partial charge on any atom is -0.314 e. The van der Waals surface area contributed by atoms with E-state index in [0.717, 1.165) is 5.56 Å². The van der Waals surface area contributed by atoms with Gasteiger partial charge < -0.3 is 5.32 Å². The molecule has 0 amide bonds. The van der Waals surface area contributed by atoms with Gasteiger partial charge in [0, 0.05) is 17.5 Å². The van der Waals surface area contributed by atoms with Crippen LogP contribution >= 0.6 is 11.6 Å². The van der Waals surface area contributed by atoms with Gasteiger partial charge in [-0.05, 0) is 31.7 Å². The molecule has 14 heavy (non-hydrogen) atoms. The summed E-state index contributed by atoms with van der Waals surface area (Å²) in [6.45, 7) is 1.83. The van der Waals surface area contributed by atoms with Crippen LogP contribution in [0.15, 0.2) is 24.3 Å². The summed E-state index contributed by atoms with van der Waals surface area (Å²) in [5.74, 6) is 0. The van der Waals surface area contributed by atoms with Crippen molar-refractivity contribution in [3.63, 3.8) is 0 Å². The fraction of sp³-hybridized carbons (Fsp3) is 0.455. The molecule has 1 rings (SSSR count). The molecule has 0 aromatic heterocycles. The lowest BCUT2D eigenvalue weighted by Gasteiger charge is -2.15. The molecular weight excluding hydrogens is 201 g/mol. The molecule has 0 heterocycles. The van der Waals surface area contributed by atoms with Gasteiger partial charge >= 0.3 is 0 Å². The molecule has 2 atom stereocenters.